The molecule has 5 nitrogen and oxygen atoms in total. The van der Waals surface area contributed by atoms with Gasteiger partial charge in [-0.2, -0.15) is 0 Å². The van der Waals surface area contributed by atoms with E-state index in [4.69, 9.17) is 26.2 Å². The molecule has 5 heteroatoms. The molecule has 0 unspecified atom stereocenters. The van der Waals surface area contributed by atoms with Crippen molar-refractivity contribution in [3.63, 3.8) is 0 Å². The average molecular weight is 620 g/mol. The van der Waals surface area contributed by atoms with Crippen LogP contribution >= 0.6 is 0 Å². The summed E-state index contributed by atoms with van der Waals surface area (Å²) in [4.78, 5) is 14.7. The summed E-state index contributed by atoms with van der Waals surface area (Å²) in [5, 5.41) is 6.10. The fourth-order valence-electron chi connectivity index (χ4n) is 6.72. The molecule has 0 N–H and O–H groups in total. The van der Waals surface area contributed by atoms with Crippen LogP contribution in [0.15, 0.2) is 162 Å². The van der Waals surface area contributed by atoms with E-state index in [1.54, 1.807) is 0 Å². The van der Waals surface area contributed by atoms with Crippen LogP contribution < -0.4 is 0 Å². The average Bonchev–Trinajstić information content (AvgIpc) is 3.73. The van der Waals surface area contributed by atoms with Crippen LogP contribution in [0.5, 0.6) is 0 Å². The van der Waals surface area contributed by atoms with Crippen molar-refractivity contribution in [1.29, 1.82) is 0 Å². The number of rotatable bonds is 4. The van der Waals surface area contributed by atoms with Crippen LogP contribution in [0.1, 0.15) is 6.85 Å². The maximum absolute atomic E-state index is 8.80. The van der Waals surface area contributed by atoms with E-state index in [9.17, 15) is 0 Å². The predicted molar refractivity (Wildman–Crippen MR) is 195 cm³/mol. The summed E-state index contributed by atoms with van der Waals surface area (Å²) in [5.74, 6) is 0.488. The molecule has 0 aliphatic carbocycles. The molecule has 3 heterocycles. The van der Waals surface area contributed by atoms with Gasteiger partial charge in [0.05, 0.1) is 23.5 Å². The molecule has 0 amide bonds. The molecule has 0 radical (unpaired) electrons. The highest BCUT2D eigenvalue weighted by Gasteiger charge is 2.19. The molecule has 0 bridgehead atoms. The highest BCUT2D eigenvalue weighted by molar-refractivity contribution is 6.13. The van der Waals surface area contributed by atoms with Gasteiger partial charge in [0, 0.05) is 38.4 Å². The van der Waals surface area contributed by atoms with E-state index in [1.807, 2.05) is 91.0 Å². The van der Waals surface area contributed by atoms with Crippen molar-refractivity contribution in [2.75, 3.05) is 0 Å². The Hall–Kier alpha value is -6.59. The lowest BCUT2D eigenvalue weighted by molar-refractivity contribution is 0.670. The summed E-state index contributed by atoms with van der Waals surface area (Å²) in [6, 6.07) is 40.2. The second-order valence-corrected chi connectivity index (χ2v) is 11.7. The first-order valence-electron chi connectivity index (χ1n) is 18.1. The largest absolute Gasteiger partial charge is 0.455 e. The summed E-state index contributed by atoms with van der Waals surface area (Å²) < 4.78 is 51.3. The number of benzene rings is 7. The van der Waals surface area contributed by atoms with Gasteiger partial charge < -0.3 is 8.98 Å². The van der Waals surface area contributed by atoms with Crippen LogP contribution in [0.4, 0.5) is 0 Å². The van der Waals surface area contributed by atoms with Gasteiger partial charge in [0.2, 0.25) is 0 Å². The molecular weight excluding hydrogens is 589 g/mol. The summed E-state index contributed by atoms with van der Waals surface area (Å²) in [7, 11) is 0. The highest BCUT2D eigenvalue weighted by atomic mass is 16.3. The highest BCUT2D eigenvalue weighted by Crippen LogP contribution is 2.38. The Morgan fingerprint density at radius 2 is 1.19 bits per heavy atom. The molecule has 48 heavy (non-hydrogen) atoms. The lowest BCUT2D eigenvalue weighted by Gasteiger charge is -2.10. The quantitative estimate of drug-likeness (QED) is 0.197. The van der Waals surface area contributed by atoms with Crippen LogP contribution in [-0.2, 0) is 0 Å². The smallest absolute Gasteiger partial charge is 0.167 e. The molecule has 10 aromatic rings. The van der Waals surface area contributed by atoms with E-state index in [-0.39, 0.29) is 23.0 Å². The minimum absolute atomic E-state index is 0.0375. The van der Waals surface area contributed by atoms with Crippen molar-refractivity contribution in [1.82, 2.24) is 19.5 Å². The maximum Gasteiger partial charge on any atom is 0.167 e. The SMILES string of the molecule is [2H]c1c([2H])c([2H])c(-c2nc(-c3ccc4c5ccccc5n(-c5ccccc5)c4c3)nc(-c3cccc4c3oc3cc5ccccc5cc34)n2)c([2H])c1[2H]. The van der Waals surface area contributed by atoms with Crippen LogP contribution in [0.2, 0.25) is 0 Å². The normalized spacial score (nSPS) is 13.2. The molecule has 10 rings (SSSR count). The molecule has 0 spiro atoms. The zero-order chi connectivity index (χ0) is 36.0. The lowest BCUT2D eigenvalue weighted by atomic mass is 10.0. The van der Waals surface area contributed by atoms with Gasteiger partial charge >= 0.3 is 0 Å². The van der Waals surface area contributed by atoms with E-state index < -0.39 is 30.2 Å². The molecular formula is C43H26N4O. The van der Waals surface area contributed by atoms with Crippen molar-refractivity contribution in [3.05, 3.63) is 158 Å². The Labute approximate surface area is 282 Å². The first kappa shape index (κ1) is 22.0. The minimum Gasteiger partial charge on any atom is -0.455 e. The number of nitrogens with zero attached hydrogens (tertiary/aromatic N) is 4. The summed E-state index contributed by atoms with van der Waals surface area (Å²) >= 11 is 0. The van der Waals surface area contributed by atoms with Crippen LogP contribution in [0.25, 0.3) is 94.4 Å². The predicted octanol–water partition coefficient (Wildman–Crippen LogP) is 11.0. The molecule has 0 aliphatic heterocycles. The Morgan fingerprint density at radius 1 is 0.500 bits per heavy atom. The van der Waals surface area contributed by atoms with E-state index in [2.05, 4.69) is 41.0 Å². The van der Waals surface area contributed by atoms with E-state index in [1.165, 1.54) is 0 Å². The van der Waals surface area contributed by atoms with Gasteiger partial charge in [-0.05, 0) is 53.2 Å². The van der Waals surface area contributed by atoms with Crippen molar-refractivity contribution in [3.8, 4) is 39.9 Å². The van der Waals surface area contributed by atoms with Gasteiger partial charge in [0.25, 0.3) is 0 Å². The van der Waals surface area contributed by atoms with Crippen LogP contribution in [-0.4, -0.2) is 19.5 Å². The Bertz CT molecular complexity index is 3110. The van der Waals surface area contributed by atoms with Crippen molar-refractivity contribution >= 4 is 54.5 Å². The molecule has 0 saturated heterocycles. The first-order chi connectivity index (χ1) is 25.9. The van der Waals surface area contributed by atoms with E-state index in [0.29, 0.717) is 22.3 Å². The van der Waals surface area contributed by atoms with Gasteiger partial charge in [0.15, 0.2) is 17.5 Å². The van der Waals surface area contributed by atoms with Crippen molar-refractivity contribution < 1.29 is 11.3 Å². The summed E-state index contributed by atoms with van der Waals surface area (Å²) in [5.41, 5.74) is 5.41. The number of furan rings is 1. The topological polar surface area (TPSA) is 56.7 Å². The third-order valence-electron chi connectivity index (χ3n) is 8.91. The summed E-state index contributed by atoms with van der Waals surface area (Å²) in [6.07, 6.45) is 0. The molecule has 0 saturated carbocycles. The van der Waals surface area contributed by atoms with Gasteiger partial charge in [-0.25, -0.2) is 15.0 Å². The Morgan fingerprint density at radius 3 is 2.04 bits per heavy atom. The Kier molecular flexibility index (Phi) is 4.81. The molecule has 224 valence electrons. The zero-order valence-electron chi connectivity index (χ0n) is 30.3. The number of fused-ring (bicyclic) bond motifs is 7. The molecule has 7 aromatic carbocycles. The van der Waals surface area contributed by atoms with E-state index >= 15 is 0 Å². The number of aromatic nitrogens is 4. The molecule has 0 aliphatic rings. The van der Waals surface area contributed by atoms with Gasteiger partial charge in [0.1, 0.15) is 11.2 Å². The zero-order valence-corrected chi connectivity index (χ0v) is 25.3. The van der Waals surface area contributed by atoms with Crippen molar-refractivity contribution in [2.45, 2.75) is 0 Å². The second kappa shape index (κ2) is 10.5. The second-order valence-electron chi connectivity index (χ2n) is 11.7. The van der Waals surface area contributed by atoms with Crippen LogP contribution in [0, 0.1) is 0 Å². The maximum atomic E-state index is 8.80. The van der Waals surface area contributed by atoms with E-state index in [0.717, 1.165) is 49.0 Å². The van der Waals surface area contributed by atoms with Crippen LogP contribution in [0.3, 0.4) is 0 Å². The van der Waals surface area contributed by atoms with Crippen molar-refractivity contribution in [2.24, 2.45) is 0 Å². The number of hydrogen-bond acceptors (Lipinski definition) is 4. The van der Waals surface area contributed by atoms with Gasteiger partial charge in [-0.15, -0.1) is 0 Å². The monoisotopic (exact) mass is 619 g/mol. The molecule has 0 atom stereocenters. The Balaban J connectivity index is 1.26. The molecule has 0 fully saturated rings. The van der Waals surface area contributed by atoms with Gasteiger partial charge in [-0.1, -0.05) is 115 Å². The number of para-hydroxylation sites is 3. The summed E-state index contributed by atoms with van der Waals surface area (Å²) in [6.45, 7) is 0. The fraction of sp³-hybridized carbons (Fsp3) is 0. The standard InChI is InChI=1S/C43H26N4O/c1-3-12-27(13-4-1)41-44-42(30-22-23-33-32-18-9-10-21-37(32)47(38(33)25-30)31-16-5-2-6-17-31)46-43(45-41)35-20-11-19-34-36-24-28-14-7-8-15-29(28)26-39(36)48-40(34)35/h1-26H/i1D,3D,4D,12D,13D. The first-order valence-corrected chi connectivity index (χ1v) is 15.6. The van der Waals surface area contributed by atoms with Gasteiger partial charge in [-0.3, -0.25) is 0 Å². The third kappa shape index (κ3) is 4.15. The fourth-order valence-corrected chi connectivity index (χ4v) is 6.72. The third-order valence-corrected chi connectivity index (χ3v) is 8.91. The lowest BCUT2D eigenvalue weighted by Crippen LogP contribution is -2.00. The number of hydrogen-bond donors (Lipinski definition) is 0. The minimum atomic E-state index is -0.489. The molecule has 3 aromatic heterocycles.